The summed E-state index contributed by atoms with van der Waals surface area (Å²) >= 11 is 0. The van der Waals surface area contributed by atoms with Crippen molar-refractivity contribution in [3.63, 3.8) is 0 Å². The lowest BCUT2D eigenvalue weighted by Crippen LogP contribution is -2.42. The van der Waals surface area contributed by atoms with Gasteiger partial charge in [0.25, 0.3) is 0 Å². The fraction of sp³-hybridized carbons (Fsp3) is 0.455. The van der Waals surface area contributed by atoms with Gasteiger partial charge in [-0.3, -0.25) is 0 Å². The number of hydrogen-bond acceptors (Lipinski definition) is 2. The van der Waals surface area contributed by atoms with Gasteiger partial charge >= 0.3 is 0 Å². The molecule has 3 N–H and O–H groups in total. The Hall–Kier alpha value is -0.860. The van der Waals surface area contributed by atoms with Crippen LogP contribution in [0.5, 0.6) is 0 Å². The number of rotatable bonds is 3. The van der Waals surface area contributed by atoms with Gasteiger partial charge in [-0.2, -0.15) is 0 Å². The highest BCUT2D eigenvalue weighted by Crippen LogP contribution is 2.24. The Morgan fingerprint density at radius 2 is 1.92 bits per heavy atom. The van der Waals surface area contributed by atoms with Crippen molar-refractivity contribution in [1.29, 1.82) is 0 Å². The van der Waals surface area contributed by atoms with Crippen LogP contribution >= 0.6 is 0 Å². The zero-order valence-electron chi connectivity index (χ0n) is 8.20. The van der Waals surface area contributed by atoms with Crippen LogP contribution in [0.2, 0.25) is 0 Å². The van der Waals surface area contributed by atoms with E-state index in [0.717, 1.165) is 12.0 Å². The molecule has 72 valence electrons. The lowest BCUT2D eigenvalue weighted by Gasteiger charge is -2.29. The third-order valence-corrected chi connectivity index (χ3v) is 2.52. The van der Waals surface area contributed by atoms with E-state index in [1.165, 1.54) is 0 Å². The molecule has 1 aromatic carbocycles. The Morgan fingerprint density at radius 3 is 2.38 bits per heavy atom. The predicted octanol–water partition coefficient (Wildman–Crippen LogP) is 1.63. The molecule has 2 heteroatoms. The van der Waals surface area contributed by atoms with E-state index >= 15 is 0 Å². The lowest BCUT2D eigenvalue weighted by atomic mass is 9.87. The highest BCUT2D eigenvalue weighted by atomic mass is 16.3. The van der Waals surface area contributed by atoms with Crippen molar-refractivity contribution in [2.45, 2.75) is 31.9 Å². The lowest BCUT2D eigenvalue weighted by molar-refractivity contribution is 0.0277. The average Bonchev–Trinajstić information content (AvgIpc) is 2.18. The first-order valence-corrected chi connectivity index (χ1v) is 4.62. The molecule has 0 fully saturated rings. The van der Waals surface area contributed by atoms with E-state index in [2.05, 4.69) is 0 Å². The van der Waals surface area contributed by atoms with Gasteiger partial charge in [0.2, 0.25) is 0 Å². The van der Waals surface area contributed by atoms with Gasteiger partial charge in [0.15, 0.2) is 0 Å². The fourth-order valence-corrected chi connectivity index (χ4v) is 1.39. The van der Waals surface area contributed by atoms with Crippen LogP contribution in [0.15, 0.2) is 30.3 Å². The summed E-state index contributed by atoms with van der Waals surface area (Å²) in [5.41, 5.74) is 5.79. The van der Waals surface area contributed by atoms with Crippen LogP contribution < -0.4 is 5.73 Å². The monoisotopic (exact) mass is 179 g/mol. The summed E-state index contributed by atoms with van der Waals surface area (Å²) in [4.78, 5) is 0. The summed E-state index contributed by atoms with van der Waals surface area (Å²) in [5, 5.41) is 10.1. The molecule has 2 nitrogen and oxygen atoms in total. The Labute approximate surface area is 79.4 Å². The van der Waals surface area contributed by atoms with E-state index in [1.54, 1.807) is 6.92 Å². The molecule has 13 heavy (non-hydrogen) atoms. The second-order valence-corrected chi connectivity index (χ2v) is 3.53. The summed E-state index contributed by atoms with van der Waals surface area (Å²) in [6.45, 7) is 3.73. The van der Waals surface area contributed by atoms with Crippen molar-refractivity contribution in [2.24, 2.45) is 5.73 Å². The molecule has 0 saturated heterocycles. The Bertz CT molecular complexity index is 256. The summed E-state index contributed by atoms with van der Waals surface area (Å²) < 4.78 is 0. The Balaban J connectivity index is 2.93. The molecule has 0 aliphatic carbocycles. The van der Waals surface area contributed by atoms with Crippen molar-refractivity contribution in [1.82, 2.24) is 0 Å². The molecule has 0 aliphatic rings. The molecule has 2 atom stereocenters. The third kappa shape index (κ3) is 2.08. The van der Waals surface area contributed by atoms with Crippen LogP contribution in [0.25, 0.3) is 0 Å². The van der Waals surface area contributed by atoms with Gasteiger partial charge in [-0.25, -0.2) is 0 Å². The molecule has 0 aliphatic heterocycles. The highest BCUT2D eigenvalue weighted by Gasteiger charge is 2.29. The fourth-order valence-electron chi connectivity index (χ4n) is 1.39. The Kier molecular flexibility index (Phi) is 3.07. The maximum absolute atomic E-state index is 10.1. The van der Waals surface area contributed by atoms with Gasteiger partial charge in [-0.1, -0.05) is 37.3 Å². The molecule has 0 amide bonds. The molecular formula is C11H17NO. The minimum atomic E-state index is -0.921. The van der Waals surface area contributed by atoms with Crippen LogP contribution in [-0.2, 0) is 5.60 Å². The van der Waals surface area contributed by atoms with Gasteiger partial charge in [0.1, 0.15) is 5.60 Å². The van der Waals surface area contributed by atoms with E-state index in [0.29, 0.717) is 0 Å². The molecule has 2 unspecified atom stereocenters. The van der Waals surface area contributed by atoms with Crippen LogP contribution in [0, 0.1) is 0 Å². The first-order valence-electron chi connectivity index (χ1n) is 4.62. The summed E-state index contributed by atoms with van der Waals surface area (Å²) in [7, 11) is 0. The van der Waals surface area contributed by atoms with Gasteiger partial charge in [-0.05, 0) is 18.9 Å². The minimum absolute atomic E-state index is 0.213. The van der Waals surface area contributed by atoms with Crippen LogP contribution in [-0.4, -0.2) is 11.1 Å². The molecule has 0 saturated carbocycles. The van der Waals surface area contributed by atoms with Gasteiger partial charge in [0, 0.05) is 6.04 Å². The normalized spacial score (nSPS) is 17.8. The van der Waals surface area contributed by atoms with Crippen LogP contribution in [0.3, 0.4) is 0 Å². The topological polar surface area (TPSA) is 46.2 Å². The number of aliphatic hydroxyl groups is 1. The zero-order valence-corrected chi connectivity index (χ0v) is 8.20. The summed E-state index contributed by atoms with van der Waals surface area (Å²) in [5.74, 6) is 0. The molecule has 1 rings (SSSR count). The molecule has 0 heterocycles. The van der Waals surface area contributed by atoms with Crippen molar-refractivity contribution < 1.29 is 5.11 Å². The number of benzene rings is 1. The third-order valence-electron chi connectivity index (χ3n) is 2.52. The average molecular weight is 179 g/mol. The predicted molar refractivity (Wildman–Crippen MR) is 54.3 cm³/mol. The van der Waals surface area contributed by atoms with E-state index in [1.807, 2.05) is 37.3 Å². The van der Waals surface area contributed by atoms with Crippen LogP contribution in [0.4, 0.5) is 0 Å². The largest absolute Gasteiger partial charge is 0.384 e. The Morgan fingerprint density at radius 1 is 1.38 bits per heavy atom. The smallest absolute Gasteiger partial charge is 0.102 e. The van der Waals surface area contributed by atoms with E-state index in [-0.39, 0.29) is 6.04 Å². The highest BCUT2D eigenvalue weighted by molar-refractivity contribution is 5.23. The summed E-state index contributed by atoms with van der Waals surface area (Å²) in [6, 6.07) is 9.33. The second kappa shape index (κ2) is 3.90. The quantitative estimate of drug-likeness (QED) is 0.740. The standard InChI is InChI=1S/C11H17NO/c1-3-10(12)11(2,13)9-7-5-4-6-8-9/h4-8,10,13H,3,12H2,1-2H3. The molecule has 1 aromatic rings. The van der Waals surface area contributed by atoms with Crippen molar-refractivity contribution in [3.05, 3.63) is 35.9 Å². The number of hydrogen-bond donors (Lipinski definition) is 2. The van der Waals surface area contributed by atoms with Gasteiger partial charge in [-0.15, -0.1) is 0 Å². The van der Waals surface area contributed by atoms with Gasteiger partial charge < -0.3 is 10.8 Å². The van der Waals surface area contributed by atoms with Gasteiger partial charge in [0.05, 0.1) is 0 Å². The maximum atomic E-state index is 10.1. The van der Waals surface area contributed by atoms with E-state index in [9.17, 15) is 5.11 Å². The zero-order chi connectivity index (χ0) is 9.90. The second-order valence-electron chi connectivity index (χ2n) is 3.53. The van der Waals surface area contributed by atoms with Crippen molar-refractivity contribution >= 4 is 0 Å². The first-order chi connectivity index (χ1) is 6.09. The molecular weight excluding hydrogens is 162 g/mol. The molecule has 0 bridgehead atoms. The first kappa shape index (κ1) is 10.2. The van der Waals surface area contributed by atoms with Crippen molar-refractivity contribution in [2.75, 3.05) is 0 Å². The SMILES string of the molecule is CCC(N)C(C)(O)c1ccccc1. The molecule has 0 aromatic heterocycles. The maximum Gasteiger partial charge on any atom is 0.102 e. The van der Waals surface area contributed by atoms with E-state index < -0.39 is 5.60 Å². The van der Waals surface area contributed by atoms with E-state index in [4.69, 9.17) is 5.73 Å². The molecule has 0 radical (unpaired) electrons. The molecule has 0 spiro atoms. The number of nitrogens with two attached hydrogens (primary N) is 1. The van der Waals surface area contributed by atoms with Crippen LogP contribution in [0.1, 0.15) is 25.8 Å². The minimum Gasteiger partial charge on any atom is -0.384 e. The summed E-state index contributed by atoms with van der Waals surface area (Å²) in [6.07, 6.45) is 0.766. The van der Waals surface area contributed by atoms with Crippen molar-refractivity contribution in [3.8, 4) is 0 Å².